The van der Waals surface area contributed by atoms with E-state index in [0.29, 0.717) is 19.1 Å². The Morgan fingerprint density at radius 2 is 1.47 bits per heavy atom. The Kier molecular flexibility index (Phi) is 9.14. The first-order valence-electron chi connectivity index (χ1n) is 11.4. The third-order valence-corrected chi connectivity index (χ3v) is 5.80. The van der Waals surface area contributed by atoms with Crippen LogP contribution >= 0.6 is 0 Å². The number of methoxy groups -OCH3 is 1. The fraction of sp³-hybridized carbons (Fsp3) is 0.357. The van der Waals surface area contributed by atoms with Gasteiger partial charge in [-0.25, -0.2) is 0 Å². The zero-order chi connectivity index (χ0) is 22.8. The molecular weight excluding hydrogens is 396 g/mol. The lowest BCUT2D eigenvalue weighted by Crippen LogP contribution is -2.27. The topological polar surface area (TPSA) is 47.7 Å². The number of benzene rings is 3. The van der Waals surface area contributed by atoms with Crippen molar-refractivity contribution in [2.45, 2.75) is 46.5 Å². The standard InChI is InChI=1S/C28H36N2O2/c1-4-22(2)18-30(19-24-12-10-23(17-29)11-13-24)20-26-14-15-27(28(16-26)31-3)32-21-25-8-6-5-7-9-25/h5-16,22H,4,17-21,29H2,1-3H3. The van der Waals surface area contributed by atoms with Gasteiger partial charge in [0.05, 0.1) is 7.11 Å². The second kappa shape index (κ2) is 12.3. The highest BCUT2D eigenvalue weighted by Gasteiger charge is 2.13. The van der Waals surface area contributed by atoms with Crippen LogP contribution in [0.1, 0.15) is 42.5 Å². The monoisotopic (exact) mass is 432 g/mol. The molecule has 0 aliphatic carbocycles. The van der Waals surface area contributed by atoms with E-state index in [1.165, 1.54) is 11.1 Å². The largest absolute Gasteiger partial charge is 0.493 e. The van der Waals surface area contributed by atoms with Crippen molar-refractivity contribution in [3.63, 3.8) is 0 Å². The van der Waals surface area contributed by atoms with E-state index in [1.54, 1.807) is 7.11 Å². The molecule has 0 spiro atoms. The van der Waals surface area contributed by atoms with E-state index < -0.39 is 0 Å². The summed E-state index contributed by atoms with van der Waals surface area (Å²) in [5.74, 6) is 2.17. The molecule has 0 aromatic heterocycles. The zero-order valence-electron chi connectivity index (χ0n) is 19.6. The Bertz CT molecular complexity index is 941. The first-order valence-corrected chi connectivity index (χ1v) is 11.4. The zero-order valence-corrected chi connectivity index (χ0v) is 19.6. The van der Waals surface area contributed by atoms with Crippen LogP contribution in [0.15, 0.2) is 72.8 Å². The molecule has 3 rings (SSSR count). The van der Waals surface area contributed by atoms with Gasteiger partial charge in [-0.15, -0.1) is 0 Å². The van der Waals surface area contributed by atoms with Crippen LogP contribution in [0.25, 0.3) is 0 Å². The van der Waals surface area contributed by atoms with Gasteiger partial charge in [0.25, 0.3) is 0 Å². The van der Waals surface area contributed by atoms with E-state index in [-0.39, 0.29) is 0 Å². The first kappa shape index (κ1) is 23.8. The second-order valence-electron chi connectivity index (χ2n) is 8.46. The number of nitrogens with zero attached hydrogens (tertiary/aromatic N) is 1. The van der Waals surface area contributed by atoms with Crippen molar-refractivity contribution in [3.05, 3.63) is 95.1 Å². The van der Waals surface area contributed by atoms with Gasteiger partial charge in [0.15, 0.2) is 11.5 Å². The molecule has 0 aliphatic rings. The molecule has 3 aromatic carbocycles. The molecule has 0 radical (unpaired) electrons. The van der Waals surface area contributed by atoms with Crippen molar-refractivity contribution in [1.82, 2.24) is 4.90 Å². The first-order chi connectivity index (χ1) is 15.6. The van der Waals surface area contributed by atoms with Gasteiger partial charge in [0.1, 0.15) is 6.61 Å². The summed E-state index contributed by atoms with van der Waals surface area (Å²) in [6.07, 6.45) is 1.16. The van der Waals surface area contributed by atoms with E-state index in [9.17, 15) is 0 Å². The van der Waals surface area contributed by atoms with Crippen molar-refractivity contribution in [2.75, 3.05) is 13.7 Å². The maximum Gasteiger partial charge on any atom is 0.161 e. The van der Waals surface area contributed by atoms with Crippen LogP contribution in [0, 0.1) is 5.92 Å². The van der Waals surface area contributed by atoms with Gasteiger partial charge >= 0.3 is 0 Å². The molecule has 0 aliphatic heterocycles. The fourth-order valence-corrected chi connectivity index (χ4v) is 3.72. The summed E-state index contributed by atoms with van der Waals surface area (Å²) in [7, 11) is 1.70. The molecule has 0 saturated heterocycles. The van der Waals surface area contributed by atoms with Crippen LogP contribution < -0.4 is 15.2 Å². The van der Waals surface area contributed by atoms with Gasteiger partial charge < -0.3 is 15.2 Å². The Balaban J connectivity index is 1.70. The molecular formula is C28H36N2O2. The summed E-state index contributed by atoms with van der Waals surface area (Å²) < 4.78 is 11.7. The lowest BCUT2D eigenvalue weighted by molar-refractivity contribution is 0.218. The number of rotatable bonds is 12. The maximum atomic E-state index is 6.02. The molecule has 1 unspecified atom stereocenters. The Hall–Kier alpha value is -2.82. The normalized spacial score (nSPS) is 12.0. The van der Waals surface area contributed by atoms with Gasteiger partial charge in [-0.3, -0.25) is 4.90 Å². The van der Waals surface area contributed by atoms with Crippen molar-refractivity contribution in [1.29, 1.82) is 0 Å². The van der Waals surface area contributed by atoms with Crippen LogP contribution in [0.3, 0.4) is 0 Å². The molecule has 170 valence electrons. The van der Waals surface area contributed by atoms with E-state index in [2.05, 4.69) is 67.3 Å². The Labute approximate surface area is 193 Å². The summed E-state index contributed by atoms with van der Waals surface area (Å²) in [4.78, 5) is 2.50. The summed E-state index contributed by atoms with van der Waals surface area (Å²) in [6.45, 7) is 8.48. The average molecular weight is 433 g/mol. The Morgan fingerprint density at radius 1 is 0.812 bits per heavy atom. The van der Waals surface area contributed by atoms with Crippen LogP contribution in [0.2, 0.25) is 0 Å². The summed E-state index contributed by atoms with van der Waals surface area (Å²) in [6, 6.07) is 25.1. The van der Waals surface area contributed by atoms with E-state index >= 15 is 0 Å². The van der Waals surface area contributed by atoms with E-state index in [1.807, 2.05) is 24.3 Å². The molecule has 32 heavy (non-hydrogen) atoms. The van der Waals surface area contributed by atoms with Crippen molar-refractivity contribution < 1.29 is 9.47 Å². The van der Waals surface area contributed by atoms with Crippen molar-refractivity contribution in [3.8, 4) is 11.5 Å². The van der Waals surface area contributed by atoms with Gasteiger partial charge in [-0.1, -0.05) is 80.9 Å². The van der Waals surface area contributed by atoms with Gasteiger partial charge in [0, 0.05) is 26.2 Å². The van der Waals surface area contributed by atoms with Crippen molar-refractivity contribution in [2.24, 2.45) is 11.7 Å². The van der Waals surface area contributed by atoms with Gasteiger partial charge in [-0.2, -0.15) is 0 Å². The molecule has 0 bridgehead atoms. The molecule has 0 saturated carbocycles. The molecule has 4 nitrogen and oxygen atoms in total. The molecule has 4 heteroatoms. The molecule has 2 N–H and O–H groups in total. The maximum absolute atomic E-state index is 6.02. The SMILES string of the molecule is CCC(C)CN(Cc1ccc(CN)cc1)Cc1ccc(OCc2ccccc2)c(OC)c1. The van der Waals surface area contributed by atoms with Gasteiger partial charge in [-0.05, 0) is 40.3 Å². The lowest BCUT2D eigenvalue weighted by Gasteiger charge is -2.26. The van der Waals surface area contributed by atoms with Gasteiger partial charge in [0.2, 0.25) is 0 Å². The number of ether oxygens (including phenoxy) is 2. The van der Waals surface area contributed by atoms with Crippen LogP contribution in [0.4, 0.5) is 0 Å². The fourth-order valence-electron chi connectivity index (χ4n) is 3.72. The average Bonchev–Trinajstić information content (AvgIpc) is 2.84. The highest BCUT2D eigenvalue weighted by atomic mass is 16.5. The molecule has 0 amide bonds. The van der Waals surface area contributed by atoms with Crippen LogP contribution in [0.5, 0.6) is 11.5 Å². The quantitative estimate of drug-likeness (QED) is 0.394. The third kappa shape index (κ3) is 7.11. The third-order valence-electron chi connectivity index (χ3n) is 5.80. The minimum Gasteiger partial charge on any atom is -0.493 e. The molecule has 0 fully saturated rings. The number of hydrogen-bond donors (Lipinski definition) is 1. The lowest BCUT2D eigenvalue weighted by atomic mass is 10.1. The molecule has 0 heterocycles. The van der Waals surface area contributed by atoms with Crippen LogP contribution in [-0.4, -0.2) is 18.6 Å². The Morgan fingerprint density at radius 3 is 2.12 bits per heavy atom. The minimum atomic E-state index is 0.523. The predicted molar refractivity (Wildman–Crippen MR) is 132 cm³/mol. The van der Waals surface area contributed by atoms with E-state index in [4.69, 9.17) is 15.2 Å². The molecule has 3 aromatic rings. The summed E-state index contributed by atoms with van der Waals surface area (Å²) in [5, 5.41) is 0. The predicted octanol–water partition coefficient (Wildman–Crippen LogP) is 5.78. The number of nitrogens with two attached hydrogens (primary N) is 1. The number of hydrogen-bond acceptors (Lipinski definition) is 4. The van der Waals surface area contributed by atoms with E-state index in [0.717, 1.165) is 48.7 Å². The van der Waals surface area contributed by atoms with Crippen LogP contribution in [-0.2, 0) is 26.2 Å². The highest BCUT2D eigenvalue weighted by Crippen LogP contribution is 2.29. The summed E-state index contributed by atoms with van der Waals surface area (Å²) in [5.41, 5.74) is 10.6. The smallest absolute Gasteiger partial charge is 0.161 e. The minimum absolute atomic E-state index is 0.523. The second-order valence-corrected chi connectivity index (χ2v) is 8.46. The summed E-state index contributed by atoms with van der Waals surface area (Å²) >= 11 is 0. The van der Waals surface area contributed by atoms with Crippen molar-refractivity contribution >= 4 is 0 Å². The highest BCUT2D eigenvalue weighted by molar-refractivity contribution is 5.43. The molecule has 1 atom stereocenters.